The van der Waals surface area contributed by atoms with Gasteiger partial charge in [0.1, 0.15) is 0 Å². The van der Waals surface area contributed by atoms with E-state index in [1.807, 2.05) is 19.1 Å². The molecule has 0 saturated carbocycles. The van der Waals surface area contributed by atoms with E-state index in [0.717, 1.165) is 12.1 Å². The molecular formula is C8H11ClN2. The molecule has 0 aliphatic carbocycles. The summed E-state index contributed by atoms with van der Waals surface area (Å²) in [4.78, 5) is 4.11. The Morgan fingerprint density at radius 3 is 2.82 bits per heavy atom. The van der Waals surface area contributed by atoms with Crippen molar-refractivity contribution in [1.29, 1.82) is 0 Å². The van der Waals surface area contributed by atoms with Crippen molar-refractivity contribution in [3.05, 3.63) is 29.0 Å². The molecule has 1 heterocycles. The van der Waals surface area contributed by atoms with Crippen molar-refractivity contribution < 1.29 is 0 Å². The lowest BCUT2D eigenvalue weighted by atomic mass is 10.2. The molecule has 1 atom stereocenters. The van der Waals surface area contributed by atoms with Gasteiger partial charge in [0.15, 0.2) is 0 Å². The monoisotopic (exact) mass is 170 g/mol. The van der Waals surface area contributed by atoms with Crippen molar-refractivity contribution in [1.82, 2.24) is 4.98 Å². The van der Waals surface area contributed by atoms with Gasteiger partial charge in [0, 0.05) is 24.4 Å². The molecular weight excluding hydrogens is 160 g/mol. The average Bonchev–Trinajstić information content (AvgIpc) is 1.93. The van der Waals surface area contributed by atoms with Crippen LogP contribution < -0.4 is 5.73 Å². The summed E-state index contributed by atoms with van der Waals surface area (Å²) in [5.41, 5.74) is 6.58. The van der Waals surface area contributed by atoms with Crippen LogP contribution in [0, 0.1) is 0 Å². The third kappa shape index (κ3) is 2.87. The van der Waals surface area contributed by atoms with Crippen LogP contribution in [0.5, 0.6) is 0 Å². The molecule has 0 spiro atoms. The van der Waals surface area contributed by atoms with Gasteiger partial charge in [-0.25, -0.2) is 0 Å². The first kappa shape index (κ1) is 8.50. The summed E-state index contributed by atoms with van der Waals surface area (Å²) in [6, 6.07) is 3.88. The fourth-order valence-corrected chi connectivity index (χ4v) is 0.969. The number of hydrogen-bond acceptors (Lipinski definition) is 2. The Morgan fingerprint density at radius 1 is 1.64 bits per heavy atom. The minimum atomic E-state index is 0.156. The van der Waals surface area contributed by atoms with Crippen molar-refractivity contribution in [2.45, 2.75) is 19.4 Å². The first-order valence-electron chi connectivity index (χ1n) is 3.54. The second kappa shape index (κ2) is 3.69. The van der Waals surface area contributed by atoms with Gasteiger partial charge in [-0.05, 0) is 19.1 Å². The predicted molar refractivity (Wildman–Crippen MR) is 46.6 cm³/mol. The SMILES string of the molecule is CC(N)Cc1ccc(Cl)cn1. The maximum absolute atomic E-state index is 5.65. The number of halogens is 1. The largest absolute Gasteiger partial charge is 0.328 e. The average molecular weight is 171 g/mol. The lowest BCUT2D eigenvalue weighted by Crippen LogP contribution is -2.18. The molecule has 1 unspecified atom stereocenters. The zero-order valence-corrected chi connectivity index (χ0v) is 7.17. The van der Waals surface area contributed by atoms with Crippen molar-refractivity contribution in [3.63, 3.8) is 0 Å². The highest BCUT2D eigenvalue weighted by molar-refractivity contribution is 6.30. The Hall–Kier alpha value is -0.600. The van der Waals surface area contributed by atoms with E-state index in [0.29, 0.717) is 5.02 Å². The molecule has 0 aromatic carbocycles. The molecule has 0 fully saturated rings. The maximum atomic E-state index is 5.65. The topological polar surface area (TPSA) is 38.9 Å². The summed E-state index contributed by atoms with van der Waals surface area (Å²) in [7, 11) is 0. The van der Waals surface area contributed by atoms with Crippen molar-refractivity contribution >= 4 is 11.6 Å². The highest BCUT2D eigenvalue weighted by Gasteiger charge is 1.97. The fourth-order valence-electron chi connectivity index (χ4n) is 0.857. The number of pyridine rings is 1. The van der Waals surface area contributed by atoms with E-state index in [1.165, 1.54) is 0 Å². The summed E-state index contributed by atoms with van der Waals surface area (Å²) in [5.74, 6) is 0. The Bertz CT molecular complexity index is 218. The van der Waals surface area contributed by atoms with Gasteiger partial charge in [0.25, 0.3) is 0 Å². The molecule has 0 amide bonds. The molecule has 2 nitrogen and oxygen atoms in total. The molecule has 3 heteroatoms. The smallest absolute Gasteiger partial charge is 0.0589 e. The standard InChI is InChI=1S/C8H11ClN2/c1-6(10)4-8-3-2-7(9)5-11-8/h2-3,5-6H,4,10H2,1H3. The normalized spacial score (nSPS) is 13.0. The Balaban J connectivity index is 2.66. The lowest BCUT2D eigenvalue weighted by Gasteiger charge is -2.02. The summed E-state index contributed by atoms with van der Waals surface area (Å²) in [6.07, 6.45) is 2.44. The van der Waals surface area contributed by atoms with Crippen molar-refractivity contribution in [2.75, 3.05) is 0 Å². The van der Waals surface area contributed by atoms with E-state index in [-0.39, 0.29) is 6.04 Å². The van der Waals surface area contributed by atoms with Crippen LogP contribution in [0.3, 0.4) is 0 Å². The first-order chi connectivity index (χ1) is 5.18. The molecule has 60 valence electrons. The zero-order valence-electron chi connectivity index (χ0n) is 6.42. The van der Waals surface area contributed by atoms with Crippen LogP contribution in [0.25, 0.3) is 0 Å². The summed E-state index contributed by atoms with van der Waals surface area (Å²) in [5, 5.41) is 0.665. The van der Waals surface area contributed by atoms with Gasteiger partial charge < -0.3 is 5.73 Å². The third-order valence-corrected chi connectivity index (χ3v) is 1.54. The Kier molecular flexibility index (Phi) is 2.85. The number of hydrogen-bond donors (Lipinski definition) is 1. The third-order valence-electron chi connectivity index (χ3n) is 1.32. The second-order valence-electron chi connectivity index (χ2n) is 2.65. The number of rotatable bonds is 2. The quantitative estimate of drug-likeness (QED) is 0.733. The molecule has 1 aromatic heterocycles. The maximum Gasteiger partial charge on any atom is 0.0589 e. The van der Waals surface area contributed by atoms with Crippen LogP contribution in [0.15, 0.2) is 18.3 Å². The molecule has 2 N–H and O–H groups in total. The van der Waals surface area contributed by atoms with Crippen molar-refractivity contribution in [2.24, 2.45) is 5.73 Å². The summed E-state index contributed by atoms with van der Waals surface area (Å²) in [6.45, 7) is 1.95. The highest BCUT2D eigenvalue weighted by Crippen LogP contribution is 2.06. The second-order valence-corrected chi connectivity index (χ2v) is 3.09. The first-order valence-corrected chi connectivity index (χ1v) is 3.92. The number of nitrogens with zero attached hydrogens (tertiary/aromatic N) is 1. The molecule has 0 saturated heterocycles. The minimum absolute atomic E-state index is 0.156. The molecule has 0 aliphatic rings. The van der Waals surface area contributed by atoms with Gasteiger partial charge in [0.05, 0.1) is 5.02 Å². The van der Waals surface area contributed by atoms with Crippen LogP contribution in [0.1, 0.15) is 12.6 Å². The van der Waals surface area contributed by atoms with E-state index in [1.54, 1.807) is 6.20 Å². The van der Waals surface area contributed by atoms with Gasteiger partial charge in [-0.3, -0.25) is 4.98 Å². The predicted octanol–water partition coefficient (Wildman–Crippen LogP) is 1.62. The fraction of sp³-hybridized carbons (Fsp3) is 0.375. The summed E-state index contributed by atoms with van der Waals surface area (Å²) < 4.78 is 0. The van der Waals surface area contributed by atoms with Crippen LogP contribution in [0.4, 0.5) is 0 Å². The molecule has 0 aliphatic heterocycles. The van der Waals surface area contributed by atoms with Gasteiger partial charge in [0.2, 0.25) is 0 Å². The Labute approximate surface area is 71.4 Å². The van der Waals surface area contributed by atoms with E-state index in [9.17, 15) is 0 Å². The number of aromatic nitrogens is 1. The zero-order chi connectivity index (χ0) is 8.27. The number of nitrogens with two attached hydrogens (primary N) is 1. The van der Waals surface area contributed by atoms with Gasteiger partial charge in [-0.2, -0.15) is 0 Å². The molecule has 1 aromatic rings. The Morgan fingerprint density at radius 2 is 2.36 bits per heavy atom. The molecule has 11 heavy (non-hydrogen) atoms. The molecule has 1 rings (SSSR count). The summed E-state index contributed by atoms with van der Waals surface area (Å²) >= 11 is 5.65. The van der Waals surface area contributed by atoms with Crippen LogP contribution in [0.2, 0.25) is 5.02 Å². The van der Waals surface area contributed by atoms with E-state index in [2.05, 4.69) is 4.98 Å². The van der Waals surface area contributed by atoms with Gasteiger partial charge >= 0.3 is 0 Å². The van der Waals surface area contributed by atoms with Crippen LogP contribution in [-0.4, -0.2) is 11.0 Å². The van der Waals surface area contributed by atoms with Gasteiger partial charge in [-0.15, -0.1) is 0 Å². The van der Waals surface area contributed by atoms with E-state index >= 15 is 0 Å². The molecule has 0 radical (unpaired) electrons. The molecule has 0 bridgehead atoms. The van der Waals surface area contributed by atoms with Gasteiger partial charge in [-0.1, -0.05) is 11.6 Å². The lowest BCUT2D eigenvalue weighted by molar-refractivity contribution is 0.722. The van der Waals surface area contributed by atoms with Crippen molar-refractivity contribution in [3.8, 4) is 0 Å². The minimum Gasteiger partial charge on any atom is -0.328 e. The van der Waals surface area contributed by atoms with E-state index in [4.69, 9.17) is 17.3 Å². The van der Waals surface area contributed by atoms with Crippen LogP contribution >= 0.6 is 11.6 Å². The van der Waals surface area contributed by atoms with E-state index < -0.39 is 0 Å². The van der Waals surface area contributed by atoms with Crippen LogP contribution in [-0.2, 0) is 6.42 Å². The highest BCUT2D eigenvalue weighted by atomic mass is 35.5.